The lowest BCUT2D eigenvalue weighted by Gasteiger charge is -2.09. The van der Waals surface area contributed by atoms with Crippen LogP contribution in [-0.2, 0) is 6.54 Å². The molecule has 0 saturated carbocycles. The Hall–Kier alpha value is -3.41. The van der Waals surface area contributed by atoms with Crippen LogP contribution in [0.3, 0.4) is 0 Å². The van der Waals surface area contributed by atoms with Crippen LogP contribution < -0.4 is 14.8 Å². The van der Waals surface area contributed by atoms with Gasteiger partial charge >= 0.3 is 0 Å². The highest BCUT2D eigenvalue weighted by atomic mass is 35.5. The number of amides is 1. The molecule has 0 atom stereocenters. The van der Waals surface area contributed by atoms with Crippen LogP contribution in [0.5, 0.6) is 11.5 Å². The molecule has 3 aromatic rings. The molecule has 7 nitrogen and oxygen atoms in total. The van der Waals surface area contributed by atoms with Gasteiger partial charge in [-0.1, -0.05) is 59.3 Å². The molecule has 0 aliphatic rings. The number of rotatable bonds is 8. The van der Waals surface area contributed by atoms with Crippen molar-refractivity contribution in [1.29, 1.82) is 5.26 Å². The number of carbonyl (C=O) groups is 1. The van der Waals surface area contributed by atoms with Crippen molar-refractivity contribution in [3.8, 4) is 17.6 Å². The van der Waals surface area contributed by atoms with Gasteiger partial charge in [-0.05, 0) is 29.3 Å². The van der Waals surface area contributed by atoms with E-state index in [9.17, 15) is 4.79 Å². The number of halogens is 1. The number of nitrogens with one attached hydrogen (secondary N) is 1. The zero-order valence-electron chi connectivity index (χ0n) is 16.0. The highest BCUT2D eigenvalue weighted by Gasteiger charge is 2.15. The molecule has 0 unspecified atom stereocenters. The van der Waals surface area contributed by atoms with Gasteiger partial charge in [0.2, 0.25) is 5.01 Å². The second kappa shape index (κ2) is 10.4. The maximum atomic E-state index is 12.3. The number of aromatic nitrogens is 2. The molecule has 2 aromatic carbocycles. The van der Waals surface area contributed by atoms with E-state index in [1.54, 1.807) is 24.3 Å². The molecule has 30 heavy (non-hydrogen) atoms. The van der Waals surface area contributed by atoms with Crippen molar-refractivity contribution in [2.24, 2.45) is 0 Å². The fourth-order valence-corrected chi connectivity index (χ4v) is 3.42. The summed E-state index contributed by atoms with van der Waals surface area (Å²) in [7, 11) is 1.51. The van der Waals surface area contributed by atoms with Gasteiger partial charge in [0.15, 0.2) is 23.1 Å². The van der Waals surface area contributed by atoms with Crippen molar-refractivity contribution in [2.75, 3.05) is 13.7 Å². The first-order chi connectivity index (χ1) is 14.6. The topological polar surface area (TPSA) is 97.1 Å². The van der Waals surface area contributed by atoms with Crippen molar-refractivity contribution in [3.63, 3.8) is 0 Å². The summed E-state index contributed by atoms with van der Waals surface area (Å²) >= 11 is 7.47. The summed E-state index contributed by atoms with van der Waals surface area (Å²) in [6.07, 6.45) is 1.68. The van der Waals surface area contributed by atoms with Crippen molar-refractivity contribution >= 4 is 40.0 Å². The number of carbonyl (C=O) groups excluding carboxylic acids is 1. The number of hydrogen-bond donors (Lipinski definition) is 1. The molecule has 0 saturated heterocycles. The molecule has 1 N–H and O–H groups in total. The molecule has 0 bridgehead atoms. The van der Waals surface area contributed by atoms with Gasteiger partial charge in [-0.3, -0.25) is 4.79 Å². The van der Waals surface area contributed by atoms with Crippen molar-refractivity contribution in [1.82, 2.24) is 15.5 Å². The van der Waals surface area contributed by atoms with Gasteiger partial charge in [-0.25, -0.2) is 0 Å². The summed E-state index contributed by atoms with van der Waals surface area (Å²) in [5.41, 5.74) is 1.73. The SMILES string of the molecule is COc1cc(/C=C(\Cl)c2nnc(C(=O)NCc3ccccc3)s2)ccc1OCC#N. The first-order valence-corrected chi connectivity index (χ1v) is 10.0. The van der Waals surface area contributed by atoms with Crippen LogP contribution in [0.15, 0.2) is 48.5 Å². The number of methoxy groups -OCH3 is 1. The summed E-state index contributed by atoms with van der Waals surface area (Å²) in [5.74, 6) is 0.620. The van der Waals surface area contributed by atoms with E-state index in [0.717, 1.165) is 22.5 Å². The zero-order chi connectivity index (χ0) is 21.3. The molecule has 0 spiro atoms. The minimum atomic E-state index is -0.312. The van der Waals surface area contributed by atoms with E-state index < -0.39 is 0 Å². The van der Waals surface area contributed by atoms with Crippen LogP contribution in [-0.4, -0.2) is 29.8 Å². The quantitative estimate of drug-likeness (QED) is 0.566. The predicted molar refractivity (Wildman–Crippen MR) is 115 cm³/mol. The summed E-state index contributed by atoms with van der Waals surface area (Å²) in [6.45, 7) is 0.324. The van der Waals surface area contributed by atoms with Gasteiger partial charge in [0.05, 0.1) is 12.1 Å². The van der Waals surface area contributed by atoms with Crippen LogP contribution in [0.1, 0.15) is 25.9 Å². The Morgan fingerprint density at radius 2 is 1.97 bits per heavy atom. The molecule has 1 heterocycles. The van der Waals surface area contributed by atoms with Gasteiger partial charge < -0.3 is 14.8 Å². The molecule has 3 rings (SSSR count). The Morgan fingerprint density at radius 3 is 2.70 bits per heavy atom. The van der Waals surface area contributed by atoms with Crippen molar-refractivity contribution < 1.29 is 14.3 Å². The Kier molecular flexibility index (Phi) is 7.38. The second-order valence-electron chi connectivity index (χ2n) is 5.93. The Morgan fingerprint density at radius 1 is 1.20 bits per heavy atom. The van der Waals surface area contributed by atoms with Crippen LogP contribution in [0.4, 0.5) is 0 Å². The molecule has 0 aliphatic heterocycles. The van der Waals surface area contributed by atoms with Crippen LogP contribution in [0.25, 0.3) is 11.1 Å². The van der Waals surface area contributed by atoms with E-state index in [1.165, 1.54) is 7.11 Å². The molecule has 0 radical (unpaired) electrons. The lowest BCUT2D eigenvalue weighted by molar-refractivity contribution is 0.0950. The fraction of sp³-hybridized carbons (Fsp3) is 0.143. The monoisotopic (exact) mass is 440 g/mol. The highest BCUT2D eigenvalue weighted by Crippen LogP contribution is 2.31. The van der Waals surface area contributed by atoms with Crippen molar-refractivity contribution in [2.45, 2.75) is 6.54 Å². The molecule has 0 fully saturated rings. The molecular weight excluding hydrogens is 424 g/mol. The average Bonchev–Trinajstić information content (AvgIpc) is 3.28. The summed E-state index contributed by atoms with van der Waals surface area (Å²) < 4.78 is 10.6. The first-order valence-electron chi connectivity index (χ1n) is 8.81. The molecular formula is C21H17ClN4O3S. The first kappa shape index (κ1) is 21.3. The third kappa shape index (κ3) is 5.56. The number of nitrogens with zero attached hydrogens (tertiary/aromatic N) is 3. The number of nitriles is 1. The zero-order valence-corrected chi connectivity index (χ0v) is 17.5. The molecule has 0 aliphatic carbocycles. The average molecular weight is 441 g/mol. The summed E-state index contributed by atoms with van der Waals surface area (Å²) in [5, 5.41) is 20.4. The number of hydrogen-bond acceptors (Lipinski definition) is 7. The number of ether oxygens (including phenoxy) is 2. The van der Waals surface area contributed by atoms with E-state index in [2.05, 4.69) is 15.5 Å². The van der Waals surface area contributed by atoms with Crippen LogP contribution >= 0.6 is 22.9 Å². The van der Waals surface area contributed by atoms with Gasteiger partial charge in [0, 0.05) is 6.54 Å². The Balaban J connectivity index is 1.69. The van der Waals surface area contributed by atoms with Crippen LogP contribution in [0.2, 0.25) is 0 Å². The molecule has 1 aromatic heterocycles. The highest BCUT2D eigenvalue weighted by molar-refractivity contribution is 7.15. The minimum Gasteiger partial charge on any atom is -0.493 e. The van der Waals surface area contributed by atoms with E-state index in [0.29, 0.717) is 28.1 Å². The Labute approximate surface area is 182 Å². The lowest BCUT2D eigenvalue weighted by atomic mass is 10.2. The second-order valence-corrected chi connectivity index (χ2v) is 7.31. The van der Waals surface area contributed by atoms with Gasteiger partial charge in [0.1, 0.15) is 6.07 Å². The van der Waals surface area contributed by atoms with Crippen molar-refractivity contribution in [3.05, 3.63) is 69.7 Å². The van der Waals surface area contributed by atoms with Gasteiger partial charge in [0.25, 0.3) is 5.91 Å². The number of benzene rings is 2. The summed E-state index contributed by atoms with van der Waals surface area (Å²) in [6, 6.07) is 16.7. The van der Waals surface area contributed by atoms with Gasteiger partial charge in [-0.2, -0.15) is 5.26 Å². The smallest absolute Gasteiger partial charge is 0.282 e. The predicted octanol–water partition coefficient (Wildman–Crippen LogP) is 4.12. The lowest BCUT2D eigenvalue weighted by Crippen LogP contribution is -2.22. The third-order valence-corrected chi connectivity index (χ3v) is 5.25. The fourth-order valence-electron chi connectivity index (χ4n) is 2.48. The van der Waals surface area contributed by atoms with E-state index >= 15 is 0 Å². The molecule has 1 amide bonds. The molecule has 9 heteroatoms. The standard InChI is InChI=1S/C21H17ClN4O3S/c1-28-18-12-15(7-8-17(18)29-10-9-23)11-16(22)20-25-26-21(30-20)19(27)24-13-14-5-3-2-4-6-14/h2-8,11-12H,10,13H2,1H3,(H,24,27)/b16-11-. The van der Waals surface area contributed by atoms with E-state index in [-0.39, 0.29) is 17.5 Å². The maximum Gasteiger partial charge on any atom is 0.282 e. The van der Waals surface area contributed by atoms with E-state index in [4.69, 9.17) is 26.3 Å². The minimum absolute atomic E-state index is 0.0772. The molecule has 152 valence electrons. The Bertz CT molecular complexity index is 1090. The normalized spacial score (nSPS) is 10.9. The summed E-state index contributed by atoms with van der Waals surface area (Å²) in [4.78, 5) is 12.3. The largest absolute Gasteiger partial charge is 0.493 e. The maximum absolute atomic E-state index is 12.3. The van der Waals surface area contributed by atoms with E-state index in [1.807, 2.05) is 36.4 Å². The van der Waals surface area contributed by atoms with Crippen LogP contribution in [0, 0.1) is 11.3 Å². The third-order valence-electron chi connectivity index (χ3n) is 3.89. The van der Waals surface area contributed by atoms with Gasteiger partial charge in [-0.15, -0.1) is 10.2 Å².